The third-order valence-corrected chi connectivity index (χ3v) is 7.33. The van der Waals surface area contributed by atoms with Crippen LogP contribution in [0.15, 0.2) is 0 Å². The van der Waals surface area contributed by atoms with Gasteiger partial charge in [-0.3, -0.25) is 14.9 Å². The molecule has 4 fully saturated rings. The summed E-state index contributed by atoms with van der Waals surface area (Å²) in [7, 11) is 1.55. The molecule has 2 amide bonds. The van der Waals surface area contributed by atoms with Crippen molar-refractivity contribution in [1.82, 2.24) is 15.1 Å². The molecule has 4 atom stereocenters. The summed E-state index contributed by atoms with van der Waals surface area (Å²) < 4.78 is 25.4. The summed E-state index contributed by atoms with van der Waals surface area (Å²) >= 11 is 6.22. The van der Waals surface area contributed by atoms with Gasteiger partial charge in [-0.15, -0.1) is 11.6 Å². The SMILES string of the molecule is COC1CNC(N2CC(=O)N(CC3CCC(Cl)CC3)[C@@H](C3COC3)C2=O)C(F)C1. The highest BCUT2D eigenvalue weighted by Gasteiger charge is 2.50. The van der Waals surface area contributed by atoms with E-state index in [0.29, 0.717) is 32.2 Å². The Morgan fingerprint density at radius 1 is 1.24 bits per heavy atom. The number of ether oxygens (including phenoxy) is 2. The lowest BCUT2D eigenvalue weighted by Crippen LogP contribution is -2.71. The molecule has 0 aromatic heterocycles. The predicted octanol–water partition coefficient (Wildman–Crippen LogP) is 1.14. The van der Waals surface area contributed by atoms with Crippen molar-refractivity contribution in [3.05, 3.63) is 0 Å². The van der Waals surface area contributed by atoms with E-state index in [0.717, 1.165) is 25.7 Å². The third kappa shape index (κ3) is 4.40. The van der Waals surface area contributed by atoms with E-state index in [4.69, 9.17) is 21.1 Å². The molecule has 0 aromatic rings. The molecule has 29 heavy (non-hydrogen) atoms. The van der Waals surface area contributed by atoms with Gasteiger partial charge in [-0.25, -0.2) is 4.39 Å². The predicted molar refractivity (Wildman–Crippen MR) is 105 cm³/mol. The van der Waals surface area contributed by atoms with Gasteiger partial charge in [-0.05, 0) is 31.6 Å². The Hall–Kier alpha value is -0.960. The Morgan fingerprint density at radius 3 is 2.55 bits per heavy atom. The largest absolute Gasteiger partial charge is 0.380 e. The Balaban J connectivity index is 1.48. The average molecular weight is 432 g/mol. The number of hydrogen-bond donors (Lipinski definition) is 1. The molecular formula is C20H31ClFN3O4. The number of piperidine rings is 1. The fraction of sp³-hybridized carbons (Fsp3) is 0.900. The van der Waals surface area contributed by atoms with Gasteiger partial charge >= 0.3 is 0 Å². The van der Waals surface area contributed by atoms with E-state index in [9.17, 15) is 14.0 Å². The van der Waals surface area contributed by atoms with E-state index in [1.165, 1.54) is 4.90 Å². The smallest absolute Gasteiger partial charge is 0.247 e. The van der Waals surface area contributed by atoms with Crippen LogP contribution in [0.25, 0.3) is 0 Å². The quantitative estimate of drug-likeness (QED) is 0.661. The fourth-order valence-corrected chi connectivity index (χ4v) is 5.28. The molecular weight excluding hydrogens is 401 g/mol. The number of nitrogens with zero attached hydrogens (tertiary/aromatic N) is 2. The topological polar surface area (TPSA) is 71.1 Å². The lowest BCUT2D eigenvalue weighted by atomic mass is 9.86. The number of nitrogens with one attached hydrogen (secondary N) is 1. The van der Waals surface area contributed by atoms with Crippen molar-refractivity contribution in [2.75, 3.05) is 40.0 Å². The third-order valence-electron chi connectivity index (χ3n) is 6.89. The first-order valence-corrected chi connectivity index (χ1v) is 11.1. The van der Waals surface area contributed by atoms with Crippen LogP contribution in [0.1, 0.15) is 32.1 Å². The molecule has 0 bridgehead atoms. The second kappa shape index (κ2) is 9.04. The van der Waals surface area contributed by atoms with Gasteiger partial charge < -0.3 is 19.3 Å². The number of rotatable bonds is 5. The molecule has 4 rings (SSSR count). The Bertz CT molecular complexity index is 615. The second-order valence-electron chi connectivity index (χ2n) is 8.84. The molecule has 4 aliphatic rings. The van der Waals surface area contributed by atoms with Gasteiger partial charge in [0.2, 0.25) is 11.8 Å². The Morgan fingerprint density at radius 2 is 1.97 bits per heavy atom. The van der Waals surface area contributed by atoms with Crippen LogP contribution >= 0.6 is 11.6 Å². The van der Waals surface area contributed by atoms with Gasteiger partial charge in [0.25, 0.3) is 0 Å². The summed E-state index contributed by atoms with van der Waals surface area (Å²) in [6.07, 6.45) is 1.78. The maximum Gasteiger partial charge on any atom is 0.247 e. The Labute approximate surface area is 176 Å². The van der Waals surface area contributed by atoms with Gasteiger partial charge in [0.1, 0.15) is 24.9 Å². The Kier molecular flexibility index (Phi) is 6.63. The van der Waals surface area contributed by atoms with Crippen LogP contribution in [-0.2, 0) is 19.1 Å². The lowest BCUT2D eigenvalue weighted by Gasteiger charge is -2.50. The van der Waals surface area contributed by atoms with E-state index in [1.54, 1.807) is 12.0 Å². The number of alkyl halides is 2. The van der Waals surface area contributed by atoms with Crippen molar-refractivity contribution in [2.24, 2.45) is 11.8 Å². The molecule has 0 radical (unpaired) electrons. The normalized spacial score (nSPS) is 39.6. The highest BCUT2D eigenvalue weighted by Crippen LogP contribution is 2.33. The molecule has 1 saturated carbocycles. The maximum atomic E-state index is 14.8. The van der Waals surface area contributed by atoms with Crippen LogP contribution in [0.3, 0.4) is 0 Å². The van der Waals surface area contributed by atoms with Gasteiger partial charge in [-0.2, -0.15) is 0 Å². The van der Waals surface area contributed by atoms with Crippen molar-refractivity contribution >= 4 is 23.4 Å². The number of carbonyl (C=O) groups excluding carboxylic acids is 2. The molecule has 3 aliphatic heterocycles. The highest BCUT2D eigenvalue weighted by atomic mass is 35.5. The second-order valence-corrected chi connectivity index (χ2v) is 9.45. The van der Waals surface area contributed by atoms with Crippen molar-refractivity contribution in [3.63, 3.8) is 0 Å². The average Bonchev–Trinajstić information content (AvgIpc) is 2.67. The standard InChI is InChI=1S/C20H31ClFN3O4/c1-28-15-6-16(22)19(23-7-15)25-9-17(26)24(8-12-2-4-14(21)5-3-12)18(20(25)27)13-10-29-11-13/h12-16,18-19,23H,2-11H2,1H3/t12?,14?,15?,16?,18-,19?/m0/s1. The number of carbonyl (C=O) groups is 2. The van der Waals surface area contributed by atoms with Crippen LogP contribution < -0.4 is 5.32 Å². The monoisotopic (exact) mass is 431 g/mol. The first-order chi connectivity index (χ1) is 14.0. The zero-order chi connectivity index (χ0) is 20.5. The summed E-state index contributed by atoms with van der Waals surface area (Å²) in [4.78, 5) is 29.7. The van der Waals surface area contributed by atoms with Crippen molar-refractivity contribution in [2.45, 2.75) is 62.0 Å². The lowest BCUT2D eigenvalue weighted by molar-refractivity contribution is -0.174. The van der Waals surface area contributed by atoms with Gasteiger partial charge in [0.15, 0.2) is 0 Å². The number of hydrogen-bond acceptors (Lipinski definition) is 5. The van der Waals surface area contributed by atoms with Gasteiger partial charge in [-0.1, -0.05) is 0 Å². The molecule has 3 saturated heterocycles. The van der Waals surface area contributed by atoms with E-state index in [1.807, 2.05) is 0 Å². The maximum absolute atomic E-state index is 14.8. The highest BCUT2D eigenvalue weighted by molar-refractivity contribution is 6.20. The number of amides is 2. The van der Waals surface area contributed by atoms with E-state index < -0.39 is 18.4 Å². The fourth-order valence-electron chi connectivity index (χ4n) is 5.03. The van der Waals surface area contributed by atoms with Crippen LogP contribution in [0, 0.1) is 11.8 Å². The summed E-state index contributed by atoms with van der Waals surface area (Å²) in [5, 5.41) is 3.29. The van der Waals surface area contributed by atoms with E-state index in [-0.39, 0.29) is 42.2 Å². The van der Waals surface area contributed by atoms with Gasteiger partial charge in [0.05, 0.1) is 19.3 Å². The van der Waals surface area contributed by atoms with Crippen molar-refractivity contribution < 1.29 is 23.5 Å². The minimum absolute atomic E-state index is 0.0213. The number of halogens is 2. The van der Waals surface area contributed by atoms with Crippen LogP contribution in [0.4, 0.5) is 4.39 Å². The molecule has 0 spiro atoms. The summed E-state index contributed by atoms with van der Waals surface area (Å²) in [5.41, 5.74) is 0. The minimum atomic E-state index is -1.27. The first-order valence-electron chi connectivity index (χ1n) is 10.7. The van der Waals surface area contributed by atoms with E-state index in [2.05, 4.69) is 5.32 Å². The van der Waals surface area contributed by atoms with Crippen LogP contribution in [-0.4, -0.2) is 91.4 Å². The molecule has 9 heteroatoms. The molecule has 7 nitrogen and oxygen atoms in total. The molecule has 1 N–H and O–H groups in total. The molecule has 3 heterocycles. The summed E-state index contributed by atoms with van der Waals surface area (Å²) in [5.74, 6) is 0.0743. The molecule has 0 aromatic carbocycles. The zero-order valence-electron chi connectivity index (χ0n) is 16.9. The number of methoxy groups -OCH3 is 1. The van der Waals surface area contributed by atoms with Crippen LogP contribution in [0.5, 0.6) is 0 Å². The van der Waals surface area contributed by atoms with Gasteiger partial charge in [0, 0.05) is 37.9 Å². The minimum Gasteiger partial charge on any atom is -0.380 e. The summed E-state index contributed by atoms with van der Waals surface area (Å²) in [6.45, 7) is 1.88. The summed E-state index contributed by atoms with van der Waals surface area (Å²) in [6, 6.07) is -0.562. The van der Waals surface area contributed by atoms with Crippen molar-refractivity contribution in [3.8, 4) is 0 Å². The van der Waals surface area contributed by atoms with Crippen molar-refractivity contribution in [1.29, 1.82) is 0 Å². The molecule has 1 aliphatic carbocycles. The molecule has 3 unspecified atom stereocenters. The zero-order valence-corrected chi connectivity index (χ0v) is 17.7. The number of piperazine rings is 1. The van der Waals surface area contributed by atoms with Crippen LogP contribution in [0.2, 0.25) is 0 Å². The van der Waals surface area contributed by atoms with E-state index >= 15 is 0 Å². The first kappa shape index (κ1) is 21.3. The molecule has 164 valence electrons.